The number of piperazine rings is 1. The number of nitrogens with zero attached hydrogens (tertiary/aromatic N) is 8. The molecule has 0 unspecified atom stereocenters. The molecule has 0 bridgehead atoms. The SMILES string of the molecule is [2H]C([2H])([2H])c1cccc2cncc(N3CCc4c(nc(OC[C@@H]5CCCN5C)nc4N4CCN(C(=O)C=C)[C@@H](CC#N)C4)C3)c12. The molecule has 2 saturated heterocycles. The van der Waals surface area contributed by atoms with Gasteiger partial charge >= 0.3 is 6.01 Å². The van der Waals surface area contributed by atoms with Crippen molar-refractivity contribution in [3.8, 4) is 12.1 Å². The van der Waals surface area contributed by atoms with Crippen LogP contribution < -0.4 is 14.5 Å². The van der Waals surface area contributed by atoms with Gasteiger partial charge in [0.15, 0.2) is 0 Å². The molecule has 218 valence electrons. The molecule has 1 aromatic carbocycles. The topological polar surface area (TPSA) is 102 Å². The van der Waals surface area contributed by atoms with Crippen LogP contribution in [0.2, 0.25) is 0 Å². The fourth-order valence-electron chi connectivity index (χ4n) is 6.47. The quantitative estimate of drug-likeness (QED) is 0.396. The van der Waals surface area contributed by atoms with E-state index in [0.717, 1.165) is 47.5 Å². The maximum Gasteiger partial charge on any atom is 0.318 e. The van der Waals surface area contributed by atoms with Gasteiger partial charge in [0.1, 0.15) is 12.4 Å². The van der Waals surface area contributed by atoms with Crippen LogP contribution in [-0.4, -0.2) is 89.1 Å². The molecule has 0 radical (unpaired) electrons. The Morgan fingerprint density at radius 1 is 1.21 bits per heavy atom. The van der Waals surface area contributed by atoms with E-state index < -0.39 is 6.85 Å². The van der Waals surface area contributed by atoms with E-state index in [4.69, 9.17) is 18.8 Å². The second-order valence-electron chi connectivity index (χ2n) is 11.3. The highest BCUT2D eigenvalue weighted by Crippen LogP contribution is 2.35. The van der Waals surface area contributed by atoms with Crippen molar-refractivity contribution in [2.24, 2.45) is 0 Å². The number of carbonyl (C=O) groups excluding carboxylic acids is 1. The molecule has 0 spiro atoms. The first-order valence-corrected chi connectivity index (χ1v) is 14.6. The lowest BCUT2D eigenvalue weighted by atomic mass is 10.0. The number of hydrogen-bond acceptors (Lipinski definition) is 9. The molecule has 10 nitrogen and oxygen atoms in total. The van der Waals surface area contributed by atoms with Crippen LogP contribution in [0.25, 0.3) is 10.8 Å². The van der Waals surface area contributed by atoms with Crippen molar-refractivity contribution in [2.75, 3.05) is 56.2 Å². The van der Waals surface area contributed by atoms with Gasteiger partial charge in [-0.2, -0.15) is 15.2 Å². The largest absolute Gasteiger partial charge is 0.462 e. The molecule has 10 heteroatoms. The maximum absolute atomic E-state index is 12.6. The van der Waals surface area contributed by atoms with Gasteiger partial charge in [-0.1, -0.05) is 24.8 Å². The summed E-state index contributed by atoms with van der Waals surface area (Å²) >= 11 is 0. The predicted molar refractivity (Wildman–Crippen MR) is 163 cm³/mol. The number of benzene rings is 1. The molecular weight excluding hydrogens is 528 g/mol. The molecule has 0 saturated carbocycles. The number of likely N-dealkylation sites (tertiary alicyclic amines) is 1. The van der Waals surface area contributed by atoms with Gasteiger partial charge in [0.25, 0.3) is 0 Å². The highest BCUT2D eigenvalue weighted by molar-refractivity contribution is 5.96. The molecule has 5 heterocycles. The van der Waals surface area contributed by atoms with E-state index in [1.54, 1.807) is 29.4 Å². The summed E-state index contributed by atoms with van der Waals surface area (Å²) in [6.45, 7) is 5.37. The summed E-state index contributed by atoms with van der Waals surface area (Å²) in [7, 11) is 2.10. The minimum absolute atomic E-state index is 0.180. The summed E-state index contributed by atoms with van der Waals surface area (Å²) in [5.74, 6) is 0.586. The Balaban J connectivity index is 1.36. The normalized spacial score (nSPS) is 22.2. The van der Waals surface area contributed by atoms with Crippen LogP contribution in [0, 0.1) is 18.2 Å². The van der Waals surface area contributed by atoms with Crippen molar-refractivity contribution in [3.05, 3.63) is 60.1 Å². The smallest absolute Gasteiger partial charge is 0.318 e. The highest BCUT2D eigenvalue weighted by atomic mass is 16.5. The average Bonchev–Trinajstić information content (AvgIpc) is 3.46. The number of pyridine rings is 1. The van der Waals surface area contributed by atoms with E-state index in [2.05, 4.69) is 39.4 Å². The number of hydrogen-bond donors (Lipinski definition) is 0. The number of aryl methyl sites for hydroxylation is 1. The predicted octanol–water partition coefficient (Wildman–Crippen LogP) is 3.49. The summed E-state index contributed by atoms with van der Waals surface area (Å²) in [4.78, 5) is 35.1. The third kappa shape index (κ3) is 5.37. The number of ether oxygens (including phenoxy) is 1. The molecule has 2 atom stereocenters. The molecule has 1 amide bonds. The standard InChI is InChI=1S/C32H38N8O2/c1-4-29(41)40-16-15-39(19-24(40)10-12-33)31-26-11-14-38(28-18-34-17-23-8-5-7-22(2)30(23)28)20-27(26)35-32(36-31)42-21-25-9-6-13-37(25)3/h4-5,7-8,17-18,24-25H,1,6,9-11,13-16,19-21H2,2-3H3/t24-,25-/m0/s1/i2D3. The molecule has 2 fully saturated rings. The van der Waals surface area contributed by atoms with Gasteiger partial charge in [-0.25, -0.2) is 0 Å². The molecule has 42 heavy (non-hydrogen) atoms. The Hall–Kier alpha value is -4.23. The molecule has 6 rings (SSSR count). The lowest BCUT2D eigenvalue weighted by Gasteiger charge is -2.42. The van der Waals surface area contributed by atoms with Gasteiger partial charge < -0.3 is 24.3 Å². The van der Waals surface area contributed by atoms with Crippen LogP contribution in [0.15, 0.2) is 43.2 Å². The van der Waals surface area contributed by atoms with Gasteiger partial charge in [0.2, 0.25) is 5.91 Å². The van der Waals surface area contributed by atoms with Crippen molar-refractivity contribution in [3.63, 3.8) is 0 Å². The average molecular weight is 570 g/mol. The zero-order valence-corrected chi connectivity index (χ0v) is 24.0. The first-order valence-electron chi connectivity index (χ1n) is 16.1. The summed E-state index contributed by atoms with van der Waals surface area (Å²) in [5, 5.41) is 11.0. The van der Waals surface area contributed by atoms with Crippen LogP contribution >= 0.6 is 0 Å². The third-order valence-electron chi connectivity index (χ3n) is 8.77. The van der Waals surface area contributed by atoms with E-state index in [-0.39, 0.29) is 24.4 Å². The molecule has 3 aliphatic heterocycles. The van der Waals surface area contributed by atoms with Gasteiger partial charge in [-0.05, 0) is 51.3 Å². The molecule has 3 aromatic rings. The molecule has 2 aromatic heterocycles. The van der Waals surface area contributed by atoms with E-state index >= 15 is 0 Å². The van der Waals surface area contributed by atoms with Gasteiger partial charge in [0.05, 0.1) is 42.7 Å². The Labute approximate surface area is 251 Å². The number of rotatable bonds is 7. The first kappa shape index (κ1) is 24.4. The van der Waals surface area contributed by atoms with Crippen LogP contribution in [-0.2, 0) is 17.8 Å². The van der Waals surface area contributed by atoms with E-state index in [0.29, 0.717) is 62.7 Å². The summed E-state index contributed by atoms with van der Waals surface area (Å²) < 4.78 is 30.8. The maximum atomic E-state index is 12.6. The van der Waals surface area contributed by atoms with Crippen molar-refractivity contribution in [1.29, 1.82) is 5.26 Å². The van der Waals surface area contributed by atoms with Crippen LogP contribution in [0.3, 0.4) is 0 Å². The van der Waals surface area contributed by atoms with Crippen LogP contribution in [0.4, 0.5) is 11.5 Å². The number of amides is 1. The number of anilines is 2. The Kier molecular flexibility index (Phi) is 6.93. The highest BCUT2D eigenvalue weighted by Gasteiger charge is 2.33. The van der Waals surface area contributed by atoms with Crippen molar-refractivity contribution < 1.29 is 13.6 Å². The van der Waals surface area contributed by atoms with Crippen LogP contribution in [0.1, 0.15) is 40.2 Å². The Morgan fingerprint density at radius 2 is 2.12 bits per heavy atom. The fraction of sp³-hybridized carbons (Fsp3) is 0.469. The second-order valence-corrected chi connectivity index (χ2v) is 11.3. The van der Waals surface area contributed by atoms with E-state index in [1.807, 2.05) is 6.07 Å². The molecule has 3 aliphatic rings. The summed E-state index contributed by atoms with van der Waals surface area (Å²) in [6, 6.07) is 7.83. The number of aromatic nitrogens is 3. The lowest BCUT2D eigenvalue weighted by molar-refractivity contribution is -0.128. The first-order chi connectivity index (χ1) is 21.7. The molecule has 0 N–H and O–H groups in total. The second kappa shape index (κ2) is 11.9. The molecular formula is C32H38N8O2. The Bertz CT molecular complexity index is 1640. The number of likely N-dealkylation sites (N-methyl/N-ethyl adjacent to an activating group) is 1. The number of nitriles is 1. The van der Waals surface area contributed by atoms with Gasteiger partial charge in [0, 0.05) is 58.9 Å². The Morgan fingerprint density at radius 3 is 2.90 bits per heavy atom. The van der Waals surface area contributed by atoms with E-state index in [9.17, 15) is 10.1 Å². The number of carbonyl (C=O) groups is 1. The minimum atomic E-state index is -2.28. The minimum Gasteiger partial charge on any atom is -0.462 e. The van der Waals surface area contributed by atoms with Gasteiger partial charge in [-0.15, -0.1) is 0 Å². The number of fused-ring (bicyclic) bond motifs is 2. The van der Waals surface area contributed by atoms with Gasteiger partial charge in [-0.3, -0.25) is 9.78 Å². The zero-order valence-electron chi connectivity index (χ0n) is 27.0. The molecule has 0 aliphatic carbocycles. The fourth-order valence-corrected chi connectivity index (χ4v) is 6.47. The lowest BCUT2D eigenvalue weighted by Crippen LogP contribution is -2.55. The van der Waals surface area contributed by atoms with Crippen molar-refractivity contribution in [1.82, 2.24) is 24.8 Å². The summed E-state index contributed by atoms with van der Waals surface area (Å²) in [5.41, 5.74) is 2.86. The van der Waals surface area contributed by atoms with E-state index in [1.165, 1.54) is 6.08 Å². The zero-order chi connectivity index (χ0) is 31.7. The summed E-state index contributed by atoms with van der Waals surface area (Å²) in [6.07, 6.45) is 7.74. The van der Waals surface area contributed by atoms with Crippen LogP contribution in [0.5, 0.6) is 6.01 Å². The third-order valence-corrected chi connectivity index (χ3v) is 8.77. The van der Waals surface area contributed by atoms with Crippen molar-refractivity contribution >= 4 is 28.2 Å². The monoisotopic (exact) mass is 569 g/mol. The van der Waals surface area contributed by atoms with Crippen molar-refractivity contribution in [2.45, 2.75) is 51.2 Å².